The van der Waals surface area contributed by atoms with Crippen LogP contribution in [0.25, 0.3) is 20.2 Å². The van der Waals surface area contributed by atoms with E-state index >= 15 is 0 Å². The molecule has 0 radical (unpaired) electrons. The monoisotopic (exact) mass is 334 g/mol. The fourth-order valence-corrected chi connectivity index (χ4v) is 8.35. The van der Waals surface area contributed by atoms with E-state index in [1.165, 1.54) is 20.2 Å². The minimum Gasteiger partial charge on any atom is -0.145 e. The Balaban J connectivity index is 2.20. The van der Waals surface area contributed by atoms with Gasteiger partial charge in [0.05, 0.1) is 16.1 Å². The summed E-state index contributed by atoms with van der Waals surface area (Å²) in [6.07, 6.45) is 0. The Morgan fingerprint density at radius 1 is 0.600 bits per heavy atom. The number of rotatable bonds is 2. The number of hydrogen-bond acceptors (Lipinski definition) is 2. The lowest BCUT2D eigenvalue weighted by Gasteiger charge is -2.12. The van der Waals surface area contributed by atoms with Gasteiger partial charge in [-0.3, -0.25) is 0 Å². The van der Waals surface area contributed by atoms with Crippen LogP contribution >= 0.6 is 22.7 Å². The van der Waals surface area contributed by atoms with Crippen molar-refractivity contribution in [3.63, 3.8) is 0 Å². The molecule has 3 aromatic rings. The lowest BCUT2D eigenvalue weighted by molar-refractivity contribution is 1.79. The van der Waals surface area contributed by atoms with Crippen molar-refractivity contribution >= 4 is 68.0 Å². The lowest BCUT2D eigenvalue weighted by atomic mass is 10.2. The van der Waals surface area contributed by atoms with E-state index in [0.29, 0.717) is 0 Å². The van der Waals surface area contributed by atoms with E-state index in [9.17, 15) is 0 Å². The molecule has 2 heterocycles. The average Bonchev–Trinajstić information content (AvgIpc) is 2.85. The molecule has 0 aliphatic carbocycles. The standard InChI is InChI=1S/C16H22S2Si2/c1-19(2,3)15-8-11-7-12-9-16(20(4,5)6)18-14(12)10-13(11)17-15/h7-10H,1-6H3. The maximum atomic E-state index is 2.44. The highest BCUT2D eigenvalue weighted by molar-refractivity contribution is 7.33. The molecule has 0 amide bonds. The molecule has 0 unspecified atom stereocenters. The Hall–Kier alpha value is -0.426. The highest BCUT2D eigenvalue weighted by Gasteiger charge is 2.21. The first-order valence-corrected chi connectivity index (χ1v) is 15.8. The summed E-state index contributed by atoms with van der Waals surface area (Å²) >= 11 is 4.03. The van der Waals surface area contributed by atoms with Crippen molar-refractivity contribution in [2.24, 2.45) is 0 Å². The molecule has 0 N–H and O–H groups in total. The van der Waals surface area contributed by atoms with Crippen LogP contribution in [0.15, 0.2) is 24.3 Å². The Morgan fingerprint density at radius 2 is 1.00 bits per heavy atom. The first kappa shape index (κ1) is 14.5. The fraction of sp³-hybridized carbons (Fsp3) is 0.375. The molecule has 0 saturated carbocycles. The minimum absolute atomic E-state index is 1.18. The number of thiophene rings is 2. The second kappa shape index (κ2) is 4.53. The van der Waals surface area contributed by atoms with Crippen LogP contribution in [0.2, 0.25) is 39.3 Å². The third-order valence-electron chi connectivity index (χ3n) is 3.63. The summed E-state index contributed by atoms with van der Waals surface area (Å²) in [7, 11) is -2.37. The van der Waals surface area contributed by atoms with Crippen LogP contribution < -0.4 is 9.00 Å². The van der Waals surface area contributed by atoms with Gasteiger partial charge < -0.3 is 0 Å². The summed E-state index contributed by atoms with van der Waals surface area (Å²) in [5, 5.41) is 2.89. The van der Waals surface area contributed by atoms with Gasteiger partial charge in [0.2, 0.25) is 0 Å². The van der Waals surface area contributed by atoms with Crippen molar-refractivity contribution in [3.05, 3.63) is 24.3 Å². The van der Waals surface area contributed by atoms with Gasteiger partial charge in [-0.05, 0) is 44.0 Å². The predicted octanol–water partition coefficient (Wildman–Crippen LogP) is 5.21. The van der Waals surface area contributed by atoms with E-state index in [0.717, 1.165) is 0 Å². The van der Waals surface area contributed by atoms with E-state index in [4.69, 9.17) is 0 Å². The molecule has 106 valence electrons. The Morgan fingerprint density at radius 3 is 1.35 bits per heavy atom. The summed E-state index contributed by atoms with van der Waals surface area (Å²) in [5.41, 5.74) is 0. The van der Waals surface area contributed by atoms with E-state index in [2.05, 4.69) is 63.5 Å². The van der Waals surface area contributed by atoms with Crippen LogP contribution in [0.5, 0.6) is 0 Å². The predicted molar refractivity (Wildman–Crippen MR) is 103 cm³/mol. The molecule has 0 fully saturated rings. The summed E-state index contributed by atoms with van der Waals surface area (Å²) in [6.45, 7) is 14.6. The summed E-state index contributed by atoms with van der Waals surface area (Å²) < 4.78 is 6.18. The summed E-state index contributed by atoms with van der Waals surface area (Å²) in [4.78, 5) is 0. The first-order chi connectivity index (χ1) is 9.14. The molecule has 1 aromatic carbocycles. The van der Waals surface area contributed by atoms with Crippen molar-refractivity contribution in [1.29, 1.82) is 0 Å². The second-order valence-corrected chi connectivity index (χ2v) is 20.6. The number of benzene rings is 1. The third kappa shape index (κ3) is 2.54. The molecular weight excluding hydrogens is 312 g/mol. The minimum atomic E-state index is -1.18. The van der Waals surface area contributed by atoms with Gasteiger partial charge in [0.15, 0.2) is 0 Å². The Labute approximate surface area is 131 Å². The zero-order chi connectivity index (χ0) is 14.7. The van der Waals surface area contributed by atoms with Gasteiger partial charge in [-0.25, -0.2) is 0 Å². The SMILES string of the molecule is C[Si](C)(C)c1cc2cc3cc([Si](C)(C)C)sc3cc2s1. The third-order valence-corrected chi connectivity index (χ3v) is 13.0. The molecule has 0 nitrogen and oxygen atoms in total. The zero-order valence-corrected chi connectivity index (χ0v) is 16.8. The molecule has 0 saturated heterocycles. The summed E-state index contributed by atoms with van der Waals surface area (Å²) in [6, 6.07) is 9.72. The van der Waals surface area contributed by atoms with Crippen LogP contribution in [-0.2, 0) is 0 Å². The molecule has 0 atom stereocenters. The van der Waals surface area contributed by atoms with Crippen LogP contribution in [-0.4, -0.2) is 16.1 Å². The molecule has 2 aromatic heterocycles. The van der Waals surface area contributed by atoms with Gasteiger partial charge in [-0.2, -0.15) is 0 Å². The molecule has 0 bridgehead atoms. The smallest absolute Gasteiger partial charge is 0.0904 e. The summed E-state index contributed by atoms with van der Waals surface area (Å²) in [5.74, 6) is 0. The van der Waals surface area contributed by atoms with Crippen molar-refractivity contribution in [2.75, 3.05) is 0 Å². The number of fused-ring (bicyclic) bond motifs is 2. The van der Waals surface area contributed by atoms with Gasteiger partial charge in [0.1, 0.15) is 0 Å². The topological polar surface area (TPSA) is 0 Å². The van der Waals surface area contributed by atoms with Gasteiger partial charge in [0, 0.05) is 9.40 Å². The zero-order valence-electron chi connectivity index (χ0n) is 13.1. The molecule has 3 rings (SSSR count). The van der Waals surface area contributed by atoms with Crippen LogP contribution in [0.3, 0.4) is 0 Å². The van der Waals surface area contributed by atoms with Crippen molar-refractivity contribution in [1.82, 2.24) is 0 Å². The highest BCUT2D eigenvalue weighted by atomic mass is 32.1. The van der Waals surface area contributed by atoms with Gasteiger partial charge >= 0.3 is 0 Å². The van der Waals surface area contributed by atoms with Gasteiger partial charge in [-0.15, -0.1) is 22.7 Å². The maximum Gasteiger partial charge on any atom is 0.0904 e. The normalized spacial score (nSPS) is 13.5. The highest BCUT2D eigenvalue weighted by Crippen LogP contribution is 2.30. The molecule has 20 heavy (non-hydrogen) atoms. The molecule has 4 heteroatoms. The molecule has 0 aliphatic heterocycles. The van der Waals surface area contributed by atoms with Crippen molar-refractivity contribution in [2.45, 2.75) is 39.3 Å². The van der Waals surface area contributed by atoms with Gasteiger partial charge in [-0.1, -0.05) is 39.3 Å². The Bertz CT molecular complexity index is 668. The quantitative estimate of drug-likeness (QED) is 0.565. The largest absolute Gasteiger partial charge is 0.145 e. The average molecular weight is 335 g/mol. The van der Waals surface area contributed by atoms with Crippen molar-refractivity contribution in [3.8, 4) is 0 Å². The van der Waals surface area contributed by atoms with E-state index < -0.39 is 16.1 Å². The molecular formula is C16H22S2Si2. The Kier molecular flexibility index (Phi) is 3.29. The number of hydrogen-bond donors (Lipinski definition) is 0. The second-order valence-electron chi connectivity index (χ2n) is 7.65. The van der Waals surface area contributed by atoms with Gasteiger partial charge in [0.25, 0.3) is 0 Å². The van der Waals surface area contributed by atoms with Crippen LogP contribution in [0.1, 0.15) is 0 Å². The maximum absolute atomic E-state index is 2.44. The first-order valence-electron chi connectivity index (χ1n) is 7.13. The van der Waals surface area contributed by atoms with Crippen LogP contribution in [0.4, 0.5) is 0 Å². The van der Waals surface area contributed by atoms with Crippen LogP contribution in [0, 0.1) is 0 Å². The van der Waals surface area contributed by atoms with E-state index in [-0.39, 0.29) is 0 Å². The molecule has 0 aliphatic rings. The van der Waals surface area contributed by atoms with Crippen molar-refractivity contribution < 1.29 is 0 Å². The van der Waals surface area contributed by atoms with E-state index in [1.807, 2.05) is 22.7 Å². The lowest BCUT2D eigenvalue weighted by Crippen LogP contribution is -2.34. The van der Waals surface area contributed by atoms with E-state index in [1.54, 1.807) is 9.00 Å². The molecule has 0 spiro atoms. The fourth-order valence-electron chi connectivity index (χ4n) is 2.32.